The Kier molecular flexibility index (Phi) is 5.40. The fourth-order valence-electron chi connectivity index (χ4n) is 3.13. The van der Waals surface area contributed by atoms with Gasteiger partial charge in [0, 0.05) is 25.7 Å². The Hall–Kier alpha value is -2.52. The number of rotatable bonds is 5. The molecule has 1 aliphatic heterocycles. The van der Waals surface area contributed by atoms with Crippen molar-refractivity contribution in [2.45, 2.75) is 18.3 Å². The summed E-state index contributed by atoms with van der Waals surface area (Å²) in [6, 6.07) is 7.47. The highest BCUT2D eigenvalue weighted by molar-refractivity contribution is 5.99. The van der Waals surface area contributed by atoms with Crippen molar-refractivity contribution in [3.8, 4) is 0 Å². The molecule has 2 N–H and O–H groups in total. The molecule has 0 atom stereocenters. The van der Waals surface area contributed by atoms with Crippen LogP contribution in [0.2, 0.25) is 0 Å². The van der Waals surface area contributed by atoms with Crippen LogP contribution in [0.3, 0.4) is 0 Å². The Morgan fingerprint density at radius 2 is 1.75 bits per heavy atom. The van der Waals surface area contributed by atoms with E-state index in [0.717, 1.165) is 24.3 Å². The third kappa shape index (κ3) is 4.31. The molecule has 1 amide bonds. The van der Waals surface area contributed by atoms with E-state index in [1.807, 2.05) is 4.90 Å². The van der Waals surface area contributed by atoms with Crippen LogP contribution >= 0.6 is 0 Å². The van der Waals surface area contributed by atoms with Gasteiger partial charge in [0.15, 0.2) is 0 Å². The van der Waals surface area contributed by atoms with Crippen LogP contribution in [0.1, 0.15) is 11.1 Å². The first kappa shape index (κ1) is 20.2. The number of likely N-dealkylation sites (tertiary alicyclic amines) is 1. The number of carbonyl (C=O) groups is 1. The quantitative estimate of drug-likeness (QED) is 0.758. The molecule has 1 heterocycles. The van der Waals surface area contributed by atoms with Crippen molar-refractivity contribution in [2.75, 3.05) is 25.5 Å². The maximum absolute atomic E-state index is 13.8. The Bertz CT molecular complexity index is 861. The average molecular weight is 399 g/mol. The van der Waals surface area contributed by atoms with Crippen LogP contribution in [-0.2, 0) is 17.5 Å². The minimum Gasteiger partial charge on any atom is -0.322 e. The Balaban J connectivity index is 1.69. The Morgan fingerprint density at radius 3 is 2.29 bits per heavy atom. The smallest absolute Gasteiger partial charge is 0.322 e. The van der Waals surface area contributed by atoms with Crippen molar-refractivity contribution < 1.29 is 26.7 Å². The van der Waals surface area contributed by atoms with E-state index in [2.05, 4.69) is 10.6 Å². The monoisotopic (exact) mass is 399 g/mol. The second-order valence-corrected chi connectivity index (χ2v) is 6.88. The van der Waals surface area contributed by atoms with Crippen molar-refractivity contribution in [3.05, 3.63) is 65.2 Å². The minimum absolute atomic E-state index is 0.142. The van der Waals surface area contributed by atoms with Crippen molar-refractivity contribution in [1.82, 2.24) is 10.2 Å². The van der Waals surface area contributed by atoms with Crippen molar-refractivity contribution >= 4 is 11.6 Å². The largest absolute Gasteiger partial charge is 0.416 e. The summed E-state index contributed by atoms with van der Waals surface area (Å²) in [5.41, 5.74) is -1.35. The van der Waals surface area contributed by atoms with Gasteiger partial charge in [-0.2, -0.15) is 13.2 Å². The van der Waals surface area contributed by atoms with Gasteiger partial charge in [-0.15, -0.1) is 0 Å². The number of hydrogen-bond donors (Lipinski definition) is 2. The highest BCUT2D eigenvalue weighted by Gasteiger charge is 2.47. The highest BCUT2D eigenvalue weighted by Crippen LogP contribution is 2.29. The molecule has 0 radical (unpaired) electrons. The zero-order chi connectivity index (χ0) is 20.5. The van der Waals surface area contributed by atoms with Gasteiger partial charge in [0.2, 0.25) is 5.91 Å². The lowest BCUT2D eigenvalue weighted by atomic mass is 9.88. The van der Waals surface area contributed by atoms with Crippen LogP contribution in [0.25, 0.3) is 0 Å². The summed E-state index contributed by atoms with van der Waals surface area (Å²) >= 11 is 0. The van der Waals surface area contributed by atoms with Gasteiger partial charge in [-0.3, -0.25) is 10.1 Å². The highest BCUT2D eigenvalue weighted by atomic mass is 19.4. The van der Waals surface area contributed by atoms with Gasteiger partial charge in [0.25, 0.3) is 0 Å². The standard InChI is InChI=1S/C19H18F5N3O/c1-27-10-18(11-27,17(28)26-16-7-6-14(20)8-15(16)21)25-9-12-2-4-13(5-3-12)19(22,23)24/h2-8,25H,9-11H2,1H3,(H,26,28). The van der Waals surface area contributed by atoms with Gasteiger partial charge in [0.1, 0.15) is 17.2 Å². The van der Waals surface area contributed by atoms with Gasteiger partial charge in [0.05, 0.1) is 11.3 Å². The topological polar surface area (TPSA) is 44.4 Å². The molecule has 1 aliphatic rings. The van der Waals surface area contributed by atoms with E-state index in [-0.39, 0.29) is 12.2 Å². The number of carbonyl (C=O) groups excluding carboxylic acids is 1. The molecule has 0 aliphatic carbocycles. The summed E-state index contributed by atoms with van der Waals surface area (Å²) in [5, 5.41) is 5.50. The number of likely N-dealkylation sites (N-methyl/N-ethyl adjacent to an activating group) is 1. The van der Waals surface area contributed by atoms with E-state index in [0.29, 0.717) is 24.7 Å². The van der Waals surface area contributed by atoms with E-state index in [1.54, 1.807) is 7.05 Å². The molecule has 2 aromatic carbocycles. The second kappa shape index (κ2) is 7.48. The molecule has 3 rings (SSSR count). The number of alkyl halides is 3. The van der Waals surface area contributed by atoms with Crippen LogP contribution in [0, 0.1) is 11.6 Å². The molecule has 1 fully saturated rings. The predicted molar refractivity (Wildman–Crippen MR) is 93.5 cm³/mol. The maximum Gasteiger partial charge on any atom is 0.416 e. The van der Waals surface area contributed by atoms with E-state index in [4.69, 9.17) is 0 Å². The third-order valence-corrected chi connectivity index (χ3v) is 4.61. The molecule has 0 spiro atoms. The van der Waals surface area contributed by atoms with Crippen LogP contribution in [0.15, 0.2) is 42.5 Å². The van der Waals surface area contributed by atoms with Crippen LogP contribution in [0.5, 0.6) is 0 Å². The van der Waals surface area contributed by atoms with Gasteiger partial charge < -0.3 is 10.2 Å². The second-order valence-electron chi connectivity index (χ2n) is 6.88. The average Bonchev–Trinajstić information content (AvgIpc) is 2.59. The first-order valence-corrected chi connectivity index (χ1v) is 8.45. The van der Waals surface area contributed by atoms with Crippen LogP contribution in [-0.4, -0.2) is 36.5 Å². The summed E-state index contributed by atoms with van der Waals surface area (Å²) in [6.45, 7) is 0.829. The number of hydrogen-bond acceptors (Lipinski definition) is 3. The maximum atomic E-state index is 13.8. The molecule has 0 bridgehead atoms. The zero-order valence-electron chi connectivity index (χ0n) is 14.9. The van der Waals surface area contributed by atoms with Crippen LogP contribution in [0.4, 0.5) is 27.6 Å². The van der Waals surface area contributed by atoms with Gasteiger partial charge in [-0.25, -0.2) is 8.78 Å². The number of nitrogens with one attached hydrogen (secondary N) is 2. The van der Waals surface area contributed by atoms with E-state index in [1.165, 1.54) is 12.1 Å². The van der Waals surface area contributed by atoms with Crippen molar-refractivity contribution in [2.24, 2.45) is 0 Å². The summed E-state index contributed by atoms with van der Waals surface area (Å²) < 4.78 is 64.8. The minimum atomic E-state index is -4.41. The van der Waals surface area contributed by atoms with Crippen LogP contribution < -0.4 is 10.6 Å². The molecular formula is C19H18F5N3O. The number of benzene rings is 2. The number of nitrogens with zero attached hydrogens (tertiary/aromatic N) is 1. The van der Waals surface area contributed by atoms with E-state index >= 15 is 0 Å². The third-order valence-electron chi connectivity index (χ3n) is 4.61. The number of amides is 1. The molecule has 0 unspecified atom stereocenters. The fraction of sp³-hybridized carbons (Fsp3) is 0.316. The first-order chi connectivity index (χ1) is 13.1. The molecule has 150 valence electrons. The number of anilines is 1. The van der Waals surface area contributed by atoms with E-state index in [9.17, 15) is 26.7 Å². The molecule has 2 aromatic rings. The van der Waals surface area contributed by atoms with Gasteiger partial charge >= 0.3 is 6.18 Å². The van der Waals surface area contributed by atoms with E-state index < -0.39 is 34.8 Å². The Labute approximate surface area is 158 Å². The van der Waals surface area contributed by atoms with Gasteiger partial charge in [-0.05, 0) is 36.9 Å². The molecule has 9 heteroatoms. The van der Waals surface area contributed by atoms with Crippen molar-refractivity contribution in [1.29, 1.82) is 0 Å². The molecule has 4 nitrogen and oxygen atoms in total. The molecule has 0 aromatic heterocycles. The fourth-order valence-corrected chi connectivity index (χ4v) is 3.13. The molecular weight excluding hydrogens is 381 g/mol. The summed E-state index contributed by atoms with van der Waals surface area (Å²) in [6.07, 6.45) is -4.41. The van der Waals surface area contributed by atoms with Crippen molar-refractivity contribution in [3.63, 3.8) is 0 Å². The molecule has 0 saturated carbocycles. The summed E-state index contributed by atoms with van der Waals surface area (Å²) in [7, 11) is 1.80. The van der Waals surface area contributed by atoms with Gasteiger partial charge in [-0.1, -0.05) is 12.1 Å². The number of halogens is 5. The predicted octanol–water partition coefficient (Wildman–Crippen LogP) is 3.40. The normalized spacial score (nSPS) is 16.5. The zero-order valence-corrected chi connectivity index (χ0v) is 14.9. The first-order valence-electron chi connectivity index (χ1n) is 8.45. The lowest BCUT2D eigenvalue weighted by molar-refractivity contribution is -0.137. The molecule has 1 saturated heterocycles. The lowest BCUT2D eigenvalue weighted by Gasteiger charge is -2.47. The summed E-state index contributed by atoms with van der Waals surface area (Å²) in [4.78, 5) is 14.6. The Morgan fingerprint density at radius 1 is 1.11 bits per heavy atom. The lowest BCUT2D eigenvalue weighted by Crippen LogP contribution is -2.73. The SMILES string of the molecule is CN1CC(NCc2ccc(C(F)(F)F)cc2)(C(=O)Nc2ccc(F)cc2F)C1. The molecule has 28 heavy (non-hydrogen) atoms. The summed E-state index contributed by atoms with van der Waals surface area (Å²) in [5.74, 6) is -2.14.